The number of nitrogens with zero attached hydrogens (tertiary/aromatic N) is 1. The van der Waals surface area contributed by atoms with Crippen molar-refractivity contribution in [3.05, 3.63) is 29.1 Å². The van der Waals surface area contributed by atoms with Gasteiger partial charge in [-0.15, -0.1) is 0 Å². The molecule has 0 bridgehead atoms. The highest BCUT2D eigenvalue weighted by Crippen LogP contribution is 2.34. The Hall–Kier alpha value is -1.66. The maximum absolute atomic E-state index is 13.7. The van der Waals surface area contributed by atoms with Crippen molar-refractivity contribution >= 4 is 11.5 Å². The van der Waals surface area contributed by atoms with Crippen LogP contribution >= 0.6 is 0 Å². The highest BCUT2D eigenvalue weighted by atomic mass is 19.2. The number of carbonyl (C=O) groups excluding carboxylic acids is 1. The topological polar surface area (TPSA) is 20.3 Å². The normalized spacial score (nSPS) is 23.4. The van der Waals surface area contributed by atoms with Crippen LogP contribution in [0.2, 0.25) is 0 Å². The summed E-state index contributed by atoms with van der Waals surface area (Å²) in [5.41, 5.74) is -0.965. The number of ketones is 1. The van der Waals surface area contributed by atoms with Gasteiger partial charge in [0.2, 0.25) is 5.82 Å². The zero-order valence-electron chi connectivity index (χ0n) is 10.8. The van der Waals surface area contributed by atoms with Crippen LogP contribution in [0.25, 0.3) is 0 Å². The van der Waals surface area contributed by atoms with Crippen LogP contribution in [0.3, 0.4) is 0 Å². The van der Waals surface area contributed by atoms with E-state index in [0.717, 1.165) is 4.90 Å². The summed E-state index contributed by atoms with van der Waals surface area (Å²) in [6, 6.07) is -0.649. The zero-order chi connectivity index (χ0) is 15.2. The smallest absolute Gasteiger partial charge is 0.200 e. The molecular weight excluding hydrogens is 281 g/mol. The van der Waals surface area contributed by atoms with E-state index in [9.17, 15) is 26.7 Å². The van der Waals surface area contributed by atoms with Crippen molar-refractivity contribution in [1.82, 2.24) is 0 Å². The van der Waals surface area contributed by atoms with Gasteiger partial charge in [0.1, 0.15) is 11.5 Å². The van der Waals surface area contributed by atoms with Crippen molar-refractivity contribution in [3.63, 3.8) is 0 Å². The molecule has 2 atom stereocenters. The van der Waals surface area contributed by atoms with Crippen molar-refractivity contribution < 1.29 is 26.7 Å². The molecule has 1 aliphatic rings. The van der Waals surface area contributed by atoms with E-state index in [-0.39, 0.29) is 18.7 Å². The highest BCUT2D eigenvalue weighted by Gasteiger charge is 2.36. The molecule has 0 radical (unpaired) electrons. The number of benzene rings is 1. The fraction of sp³-hybridized carbons (Fsp3) is 0.462. The van der Waals surface area contributed by atoms with E-state index in [4.69, 9.17) is 0 Å². The van der Waals surface area contributed by atoms with Gasteiger partial charge < -0.3 is 4.90 Å². The largest absolute Gasteiger partial charge is 0.363 e. The predicted octanol–water partition coefficient (Wildman–Crippen LogP) is 3.19. The fourth-order valence-electron chi connectivity index (χ4n) is 2.36. The molecule has 1 saturated heterocycles. The van der Waals surface area contributed by atoms with E-state index in [0.29, 0.717) is 0 Å². The van der Waals surface area contributed by atoms with E-state index in [2.05, 4.69) is 0 Å². The summed E-state index contributed by atoms with van der Waals surface area (Å²) < 4.78 is 66.9. The number of carbonyl (C=O) groups is 1. The minimum Gasteiger partial charge on any atom is -0.363 e. The molecule has 0 aliphatic carbocycles. The number of hydrogen-bond donors (Lipinski definition) is 0. The van der Waals surface area contributed by atoms with Crippen LogP contribution < -0.4 is 4.90 Å². The highest BCUT2D eigenvalue weighted by molar-refractivity contribution is 5.84. The molecule has 1 aromatic rings. The summed E-state index contributed by atoms with van der Waals surface area (Å²) in [6.45, 7) is 2.99. The Balaban J connectivity index is 2.56. The number of halogens is 5. The summed E-state index contributed by atoms with van der Waals surface area (Å²) in [4.78, 5) is 12.6. The van der Waals surface area contributed by atoms with Crippen LogP contribution in [0.15, 0.2) is 0 Å². The van der Waals surface area contributed by atoms with Crippen molar-refractivity contribution in [2.75, 3.05) is 11.4 Å². The first-order valence-electron chi connectivity index (χ1n) is 6.08. The van der Waals surface area contributed by atoms with Crippen LogP contribution in [0.4, 0.5) is 27.6 Å². The van der Waals surface area contributed by atoms with Gasteiger partial charge in [-0.1, -0.05) is 6.92 Å². The fourth-order valence-corrected chi connectivity index (χ4v) is 2.36. The molecule has 110 valence electrons. The van der Waals surface area contributed by atoms with Gasteiger partial charge in [-0.25, -0.2) is 22.0 Å². The number of Topliss-reactive ketones (excluding diaryl/α,β-unsaturated/α-hetero) is 1. The van der Waals surface area contributed by atoms with Gasteiger partial charge in [0.15, 0.2) is 23.3 Å². The predicted molar refractivity (Wildman–Crippen MR) is 61.8 cm³/mol. The zero-order valence-corrected chi connectivity index (χ0v) is 10.8. The quantitative estimate of drug-likeness (QED) is 0.450. The summed E-state index contributed by atoms with van der Waals surface area (Å²) in [5, 5.41) is 0. The van der Waals surface area contributed by atoms with E-state index in [1.807, 2.05) is 0 Å². The van der Waals surface area contributed by atoms with Gasteiger partial charge in [-0.2, -0.15) is 0 Å². The van der Waals surface area contributed by atoms with Gasteiger partial charge in [0, 0.05) is 24.9 Å². The average molecular weight is 293 g/mol. The second kappa shape index (κ2) is 5.03. The molecule has 0 amide bonds. The Labute approximate surface area is 112 Å². The van der Waals surface area contributed by atoms with Crippen LogP contribution in [-0.2, 0) is 4.79 Å². The number of rotatable bonds is 1. The Kier molecular flexibility index (Phi) is 3.71. The Morgan fingerprint density at radius 3 is 1.85 bits per heavy atom. The first-order chi connectivity index (χ1) is 9.27. The van der Waals surface area contributed by atoms with E-state index in [1.165, 1.54) is 6.92 Å². The van der Waals surface area contributed by atoms with E-state index >= 15 is 0 Å². The van der Waals surface area contributed by atoms with E-state index < -0.39 is 46.7 Å². The molecule has 7 heteroatoms. The Morgan fingerprint density at radius 2 is 1.35 bits per heavy atom. The molecule has 1 fully saturated rings. The van der Waals surface area contributed by atoms with Crippen molar-refractivity contribution in [2.24, 2.45) is 5.92 Å². The molecule has 20 heavy (non-hydrogen) atoms. The minimum atomic E-state index is -2.18. The van der Waals surface area contributed by atoms with Crippen molar-refractivity contribution in [3.8, 4) is 0 Å². The molecule has 1 heterocycles. The van der Waals surface area contributed by atoms with Crippen LogP contribution in [0.5, 0.6) is 0 Å². The second-order valence-corrected chi connectivity index (χ2v) is 4.86. The molecule has 0 spiro atoms. The van der Waals surface area contributed by atoms with E-state index in [1.54, 1.807) is 6.92 Å². The van der Waals surface area contributed by atoms with Gasteiger partial charge in [0.25, 0.3) is 0 Å². The second-order valence-electron chi connectivity index (χ2n) is 4.86. The lowest BCUT2D eigenvalue weighted by Crippen LogP contribution is -2.48. The molecule has 0 aromatic heterocycles. The first kappa shape index (κ1) is 14.7. The average Bonchev–Trinajstić information content (AvgIpc) is 2.43. The third-order valence-electron chi connectivity index (χ3n) is 3.80. The van der Waals surface area contributed by atoms with Gasteiger partial charge >= 0.3 is 0 Å². The molecule has 2 rings (SSSR count). The van der Waals surface area contributed by atoms with Gasteiger partial charge in [-0.3, -0.25) is 4.79 Å². The standard InChI is InChI=1S/C13H12F5NO/c1-5-6(2)19(4-3-7(5)20)13-11(17)9(15)8(14)10(16)12(13)18/h5-6H,3-4H2,1-2H3. The molecule has 2 unspecified atom stereocenters. The third-order valence-corrected chi connectivity index (χ3v) is 3.80. The summed E-state index contributed by atoms with van der Waals surface area (Å²) in [7, 11) is 0. The number of hydrogen-bond acceptors (Lipinski definition) is 2. The van der Waals surface area contributed by atoms with Crippen LogP contribution in [0, 0.1) is 35.0 Å². The Morgan fingerprint density at radius 1 is 0.900 bits per heavy atom. The number of anilines is 1. The lowest BCUT2D eigenvalue weighted by Gasteiger charge is -2.38. The monoisotopic (exact) mass is 293 g/mol. The van der Waals surface area contributed by atoms with Gasteiger partial charge in [-0.05, 0) is 6.92 Å². The molecular formula is C13H12F5NO. The molecule has 1 aromatic carbocycles. The molecule has 0 saturated carbocycles. The summed E-state index contributed by atoms with van der Waals surface area (Å²) in [6.07, 6.45) is 0.00496. The first-order valence-corrected chi connectivity index (χ1v) is 6.08. The van der Waals surface area contributed by atoms with Gasteiger partial charge in [0.05, 0.1) is 0 Å². The van der Waals surface area contributed by atoms with Crippen molar-refractivity contribution in [1.29, 1.82) is 0 Å². The minimum absolute atomic E-state index is 0.00496. The maximum atomic E-state index is 13.7. The van der Waals surface area contributed by atoms with Crippen LogP contribution in [0.1, 0.15) is 20.3 Å². The summed E-state index contributed by atoms with van der Waals surface area (Å²) >= 11 is 0. The number of piperidine rings is 1. The SMILES string of the molecule is CC1C(=O)CCN(c2c(F)c(F)c(F)c(F)c2F)C1C. The van der Waals surface area contributed by atoms with Crippen LogP contribution in [-0.4, -0.2) is 18.4 Å². The summed E-state index contributed by atoms with van der Waals surface area (Å²) in [5.74, 6) is -10.5. The Bertz CT molecular complexity index is 545. The lowest BCUT2D eigenvalue weighted by molar-refractivity contribution is -0.123. The van der Waals surface area contributed by atoms with Crippen molar-refractivity contribution in [2.45, 2.75) is 26.3 Å². The lowest BCUT2D eigenvalue weighted by atomic mass is 9.90. The molecule has 2 nitrogen and oxygen atoms in total. The maximum Gasteiger partial charge on any atom is 0.200 e. The third kappa shape index (κ3) is 2.05. The molecule has 0 N–H and O–H groups in total. The molecule has 1 aliphatic heterocycles.